The molecule has 0 radical (unpaired) electrons. The van der Waals surface area contributed by atoms with Crippen LogP contribution >= 0.6 is 0 Å². The number of hydrogen-bond donors (Lipinski definition) is 1. The van der Waals surface area contributed by atoms with E-state index >= 15 is 0 Å². The van der Waals surface area contributed by atoms with Gasteiger partial charge in [-0.3, -0.25) is 9.59 Å². The van der Waals surface area contributed by atoms with Crippen LogP contribution in [0.5, 0.6) is 11.5 Å². The molecule has 2 amide bonds. The van der Waals surface area contributed by atoms with Gasteiger partial charge in [0.2, 0.25) is 5.91 Å². The van der Waals surface area contributed by atoms with E-state index in [2.05, 4.69) is 10.1 Å². The molecular formula is C19H16F4N2O4. The fourth-order valence-corrected chi connectivity index (χ4v) is 2.66. The van der Waals surface area contributed by atoms with Crippen molar-refractivity contribution < 1.29 is 36.6 Å². The standard InChI is InChI=1S/C19H16F4N2O4/c20-13-5-1-3-7-15(13)28-11-17(26)25-9-12(10-25)18(27)24-14-6-2-4-8-16(14)29-19(21,22)23/h1-8,12H,9-11H2,(H,24,27). The molecule has 1 aliphatic heterocycles. The molecule has 0 bridgehead atoms. The van der Waals surface area contributed by atoms with Gasteiger partial charge < -0.3 is 19.7 Å². The van der Waals surface area contributed by atoms with Crippen LogP contribution < -0.4 is 14.8 Å². The lowest BCUT2D eigenvalue weighted by Gasteiger charge is -2.38. The summed E-state index contributed by atoms with van der Waals surface area (Å²) in [5, 5.41) is 2.38. The Labute approximate surface area is 163 Å². The van der Waals surface area contributed by atoms with Crippen LogP contribution in [0.25, 0.3) is 0 Å². The van der Waals surface area contributed by atoms with Crippen LogP contribution in [0, 0.1) is 11.7 Å². The van der Waals surface area contributed by atoms with Crippen molar-refractivity contribution in [1.29, 1.82) is 0 Å². The molecule has 1 heterocycles. The van der Waals surface area contributed by atoms with Gasteiger partial charge in [-0.1, -0.05) is 24.3 Å². The van der Waals surface area contributed by atoms with Gasteiger partial charge in [0.1, 0.15) is 0 Å². The molecule has 29 heavy (non-hydrogen) atoms. The first kappa shape index (κ1) is 20.4. The number of benzene rings is 2. The van der Waals surface area contributed by atoms with Gasteiger partial charge in [-0.25, -0.2) is 4.39 Å². The van der Waals surface area contributed by atoms with E-state index in [1.807, 2.05) is 0 Å². The van der Waals surface area contributed by atoms with E-state index in [1.165, 1.54) is 41.3 Å². The van der Waals surface area contributed by atoms with Crippen LogP contribution in [0.1, 0.15) is 0 Å². The third kappa shape index (κ3) is 5.37. The Morgan fingerprint density at radius 2 is 1.66 bits per heavy atom. The Balaban J connectivity index is 1.49. The highest BCUT2D eigenvalue weighted by Gasteiger charge is 2.37. The van der Waals surface area contributed by atoms with Crippen molar-refractivity contribution in [2.75, 3.05) is 25.0 Å². The van der Waals surface area contributed by atoms with Gasteiger partial charge >= 0.3 is 6.36 Å². The van der Waals surface area contributed by atoms with E-state index in [0.29, 0.717) is 0 Å². The first-order valence-electron chi connectivity index (χ1n) is 8.53. The summed E-state index contributed by atoms with van der Waals surface area (Å²) in [4.78, 5) is 25.6. The fraction of sp³-hybridized carbons (Fsp3) is 0.263. The molecule has 0 atom stereocenters. The first-order valence-corrected chi connectivity index (χ1v) is 8.53. The lowest BCUT2D eigenvalue weighted by Crippen LogP contribution is -2.55. The number of hydrogen-bond acceptors (Lipinski definition) is 4. The molecule has 0 unspecified atom stereocenters. The summed E-state index contributed by atoms with van der Waals surface area (Å²) < 4.78 is 59.8. The second-order valence-corrected chi connectivity index (χ2v) is 6.25. The van der Waals surface area contributed by atoms with Crippen LogP contribution in [0.15, 0.2) is 48.5 Å². The van der Waals surface area contributed by atoms with Gasteiger partial charge in [0.15, 0.2) is 23.9 Å². The number of halogens is 4. The van der Waals surface area contributed by atoms with E-state index in [9.17, 15) is 27.2 Å². The highest BCUT2D eigenvalue weighted by atomic mass is 19.4. The summed E-state index contributed by atoms with van der Waals surface area (Å²) in [6.07, 6.45) is -4.89. The molecule has 1 N–H and O–H groups in total. The number of amides is 2. The minimum absolute atomic E-state index is 0.0584. The van der Waals surface area contributed by atoms with E-state index in [4.69, 9.17) is 4.74 Å². The van der Waals surface area contributed by atoms with Crippen LogP contribution in [-0.2, 0) is 9.59 Å². The Bertz CT molecular complexity index is 898. The number of para-hydroxylation sites is 3. The number of carbonyl (C=O) groups excluding carboxylic acids is 2. The topological polar surface area (TPSA) is 67.9 Å². The van der Waals surface area contributed by atoms with Gasteiger partial charge in [0.05, 0.1) is 11.6 Å². The minimum atomic E-state index is -4.89. The highest BCUT2D eigenvalue weighted by Crippen LogP contribution is 2.30. The highest BCUT2D eigenvalue weighted by molar-refractivity contribution is 5.96. The van der Waals surface area contributed by atoms with E-state index in [-0.39, 0.29) is 24.5 Å². The van der Waals surface area contributed by atoms with Crippen LogP contribution in [-0.4, -0.2) is 42.8 Å². The van der Waals surface area contributed by atoms with Crippen molar-refractivity contribution in [1.82, 2.24) is 4.90 Å². The van der Waals surface area contributed by atoms with Gasteiger partial charge in [-0.2, -0.15) is 0 Å². The van der Waals surface area contributed by atoms with E-state index < -0.39 is 42.3 Å². The lowest BCUT2D eigenvalue weighted by atomic mass is 9.99. The maximum atomic E-state index is 13.5. The summed E-state index contributed by atoms with van der Waals surface area (Å²) >= 11 is 0. The zero-order valence-corrected chi connectivity index (χ0v) is 14.9. The summed E-state index contributed by atoms with van der Waals surface area (Å²) in [5.74, 6) is -2.75. The molecule has 3 rings (SSSR count). The molecule has 0 aliphatic carbocycles. The number of rotatable bonds is 6. The van der Waals surface area contributed by atoms with Crippen molar-refractivity contribution >= 4 is 17.5 Å². The van der Waals surface area contributed by atoms with Gasteiger partial charge in [-0.05, 0) is 24.3 Å². The van der Waals surface area contributed by atoms with Gasteiger partial charge in [0, 0.05) is 13.1 Å². The molecule has 1 aliphatic rings. The Hall–Kier alpha value is -3.30. The maximum Gasteiger partial charge on any atom is 0.573 e. The summed E-state index contributed by atoms with van der Waals surface area (Å²) in [7, 11) is 0. The third-order valence-electron chi connectivity index (χ3n) is 4.16. The number of nitrogens with one attached hydrogen (secondary N) is 1. The van der Waals surface area contributed by atoms with Crippen LogP contribution in [0.3, 0.4) is 0 Å². The number of ether oxygens (including phenoxy) is 2. The molecule has 0 saturated carbocycles. The predicted octanol–water partition coefficient (Wildman–Crippen LogP) is 3.20. The van der Waals surface area contributed by atoms with Crippen LogP contribution in [0.4, 0.5) is 23.2 Å². The fourth-order valence-electron chi connectivity index (χ4n) is 2.66. The normalized spacial score (nSPS) is 14.1. The Morgan fingerprint density at radius 1 is 1.03 bits per heavy atom. The number of alkyl halides is 3. The molecule has 0 aromatic heterocycles. The number of carbonyl (C=O) groups is 2. The number of anilines is 1. The van der Waals surface area contributed by atoms with Crippen molar-refractivity contribution in [2.24, 2.45) is 5.92 Å². The van der Waals surface area contributed by atoms with Gasteiger partial charge in [-0.15, -0.1) is 13.2 Å². The molecular weight excluding hydrogens is 396 g/mol. The molecule has 1 fully saturated rings. The lowest BCUT2D eigenvalue weighted by molar-refractivity contribution is -0.274. The molecule has 2 aromatic carbocycles. The largest absolute Gasteiger partial charge is 0.573 e. The molecule has 2 aromatic rings. The van der Waals surface area contributed by atoms with Crippen LogP contribution in [0.2, 0.25) is 0 Å². The Kier molecular flexibility index (Phi) is 5.90. The Morgan fingerprint density at radius 3 is 2.31 bits per heavy atom. The molecule has 10 heteroatoms. The van der Waals surface area contributed by atoms with Crippen molar-refractivity contribution in [3.05, 3.63) is 54.3 Å². The predicted molar refractivity (Wildman–Crippen MR) is 93.7 cm³/mol. The average Bonchev–Trinajstić information content (AvgIpc) is 2.60. The maximum absolute atomic E-state index is 13.5. The van der Waals surface area contributed by atoms with E-state index in [1.54, 1.807) is 6.07 Å². The number of likely N-dealkylation sites (tertiary alicyclic amines) is 1. The minimum Gasteiger partial charge on any atom is -0.481 e. The molecule has 6 nitrogen and oxygen atoms in total. The quantitative estimate of drug-likeness (QED) is 0.740. The zero-order valence-electron chi connectivity index (χ0n) is 14.9. The second kappa shape index (κ2) is 8.38. The third-order valence-corrected chi connectivity index (χ3v) is 4.16. The smallest absolute Gasteiger partial charge is 0.481 e. The zero-order chi connectivity index (χ0) is 21.0. The average molecular weight is 412 g/mol. The summed E-state index contributed by atoms with van der Waals surface area (Å²) in [5.41, 5.74) is -0.123. The van der Waals surface area contributed by atoms with Crippen molar-refractivity contribution in [2.45, 2.75) is 6.36 Å². The molecule has 0 spiro atoms. The molecule has 154 valence electrons. The van der Waals surface area contributed by atoms with Crippen molar-refractivity contribution in [3.63, 3.8) is 0 Å². The number of nitrogens with zero attached hydrogens (tertiary/aromatic N) is 1. The SMILES string of the molecule is O=C(Nc1ccccc1OC(F)(F)F)C1CN(C(=O)COc2ccccc2F)C1. The summed E-state index contributed by atoms with van der Waals surface area (Å²) in [6.45, 7) is -0.237. The second-order valence-electron chi connectivity index (χ2n) is 6.25. The monoisotopic (exact) mass is 412 g/mol. The first-order chi connectivity index (χ1) is 13.7. The molecule has 1 saturated heterocycles. The summed E-state index contributed by atoms with van der Waals surface area (Å²) in [6, 6.07) is 10.8. The van der Waals surface area contributed by atoms with Crippen molar-refractivity contribution in [3.8, 4) is 11.5 Å². The van der Waals surface area contributed by atoms with E-state index in [0.717, 1.165) is 6.07 Å². The van der Waals surface area contributed by atoms with Gasteiger partial charge in [0.25, 0.3) is 5.91 Å².